The molecular weight excluding hydrogens is 220 g/mol. The Morgan fingerprint density at radius 3 is 2.53 bits per heavy atom. The molecule has 1 saturated heterocycles. The van der Waals surface area contributed by atoms with Crippen LogP contribution in [0.25, 0.3) is 0 Å². The van der Waals surface area contributed by atoms with Gasteiger partial charge in [0, 0.05) is 31.6 Å². The number of likely N-dealkylation sites (tertiary alicyclic amines) is 1. The zero-order valence-corrected chi connectivity index (χ0v) is 9.63. The summed E-state index contributed by atoms with van der Waals surface area (Å²) < 4.78 is 0. The largest absolute Gasteiger partial charge is 0.342 e. The maximum Gasteiger partial charge on any atom is 0.269 e. The third kappa shape index (κ3) is 2.43. The Kier molecular flexibility index (Phi) is 3.08. The summed E-state index contributed by atoms with van der Waals surface area (Å²) in [5.41, 5.74) is 1.13. The Morgan fingerprint density at radius 2 is 2.06 bits per heavy atom. The van der Waals surface area contributed by atoms with Crippen LogP contribution in [0.15, 0.2) is 24.3 Å². The van der Waals surface area contributed by atoms with Crippen molar-refractivity contribution in [2.45, 2.75) is 25.3 Å². The van der Waals surface area contributed by atoms with E-state index in [1.54, 1.807) is 17.0 Å². The number of non-ortho nitro benzene ring substituents is 1. The van der Waals surface area contributed by atoms with E-state index >= 15 is 0 Å². The van der Waals surface area contributed by atoms with E-state index < -0.39 is 4.92 Å². The van der Waals surface area contributed by atoms with Crippen LogP contribution in [0.3, 0.4) is 0 Å². The molecule has 17 heavy (non-hydrogen) atoms. The molecule has 1 aliphatic heterocycles. The highest BCUT2D eigenvalue weighted by molar-refractivity contribution is 5.78. The van der Waals surface area contributed by atoms with Crippen LogP contribution < -0.4 is 0 Å². The van der Waals surface area contributed by atoms with Gasteiger partial charge in [-0.25, -0.2) is 0 Å². The topological polar surface area (TPSA) is 63.5 Å². The van der Waals surface area contributed by atoms with E-state index in [0.29, 0.717) is 6.42 Å². The van der Waals surface area contributed by atoms with Gasteiger partial charge in [0.2, 0.25) is 5.91 Å². The average Bonchev–Trinajstić information content (AvgIpc) is 2.62. The first-order chi connectivity index (χ1) is 8.08. The minimum absolute atomic E-state index is 0.101. The molecule has 1 aliphatic rings. The summed E-state index contributed by atoms with van der Waals surface area (Å²) in [7, 11) is 1.81. The lowest BCUT2D eigenvalue weighted by molar-refractivity contribution is -0.384. The van der Waals surface area contributed by atoms with Gasteiger partial charge in [-0.2, -0.15) is 0 Å². The number of hydrogen-bond acceptors (Lipinski definition) is 3. The van der Waals surface area contributed by atoms with Crippen LogP contribution in [-0.2, 0) is 11.2 Å². The van der Waals surface area contributed by atoms with Crippen molar-refractivity contribution in [3.05, 3.63) is 39.9 Å². The van der Waals surface area contributed by atoms with E-state index in [1.165, 1.54) is 12.1 Å². The standard InChI is InChI=1S/C12H14N2O3/c1-13-11(6-7-12(13)15)8-9-2-4-10(5-3-9)14(16)17/h2-5,11H,6-8H2,1H3. The van der Waals surface area contributed by atoms with Gasteiger partial charge in [0.05, 0.1) is 4.92 Å². The lowest BCUT2D eigenvalue weighted by atomic mass is 10.0. The van der Waals surface area contributed by atoms with E-state index in [-0.39, 0.29) is 17.6 Å². The van der Waals surface area contributed by atoms with Crippen LogP contribution in [0.2, 0.25) is 0 Å². The highest BCUT2D eigenvalue weighted by Crippen LogP contribution is 2.21. The molecule has 1 heterocycles. The van der Waals surface area contributed by atoms with Crippen LogP contribution in [0, 0.1) is 10.1 Å². The number of nitro benzene ring substituents is 1. The number of amides is 1. The molecule has 5 nitrogen and oxygen atoms in total. The van der Waals surface area contributed by atoms with E-state index in [2.05, 4.69) is 0 Å². The molecule has 0 bridgehead atoms. The van der Waals surface area contributed by atoms with Crippen LogP contribution in [-0.4, -0.2) is 28.8 Å². The van der Waals surface area contributed by atoms with Crippen molar-refractivity contribution < 1.29 is 9.72 Å². The lowest BCUT2D eigenvalue weighted by Crippen LogP contribution is -2.30. The first-order valence-corrected chi connectivity index (χ1v) is 5.57. The molecular formula is C12H14N2O3. The van der Waals surface area contributed by atoms with Gasteiger partial charge in [-0.1, -0.05) is 12.1 Å². The molecule has 0 spiro atoms. The number of hydrogen-bond donors (Lipinski definition) is 0. The molecule has 0 aliphatic carbocycles. The minimum Gasteiger partial charge on any atom is -0.342 e. The van der Waals surface area contributed by atoms with Crippen LogP contribution in [0.4, 0.5) is 5.69 Å². The Hall–Kier alpha value is -1.91. The molecule has 0 radical (unpaired) electrons. The molecule has 90 valence electrons. The predicted molar refractivity (Wildman–Crippen MR) is 62.6 cm³/mol. The zero-order chi connectivity index (χ0) is 12.4. The quantitative estimate of drug-likeness (QED) is 0.591. The van der Waals surface area contributed by atoms with E-state index in [4.69, 9.17) is 0 Å². The number of likely N-dealkylation sites (N-methyl/N-ethyl adjacent to an activating group) is 1. The Balaban J connectivity index is 2.04. The van der Waals surface area contributed by atoms with Crippen molar-refractivity contribution in [3.63, 3.8) is 0 Å². The monoisotopic (exact) mass is 234 g/mol. The maximum atomic E-state index is 11.4. The Bertz CT molecular complexity index is 442. The third-order valence-electron chi connectivity index (χ3n) is 3.25. The third-order valence-corrected chi connectivity index (χ3v) is 3.25. The highest BCUT2D eigenvalue weighted by Gasteiger charge is 2.27. The predicted octanol–water partition coefficient (Wildman–Crippen LogP) is 1.76. The number of nitro groups is 1. The number of carbonyl (C=O) groups is 1. The van der Waals surface area contributed by atoms with E-state index in [9.17, 15) is 14.9 Å². The Labute approximate surface area is 99.2 Å². The number of rotatable bonds is 3. The van der Waals surface area contributed by atoms with Gasteiger partial charge in [-0.05, 0) is 18.4 Å². The average molecular weight is 234 g/mol. The van der Waals surface area contributed by atoms with Crippen LogP contribution in [0.1, 0.15) is 18.4 Å². The smallest absolute Gasteiger partial charge is 0.269 e. The van der Waals surface area contributed by atoms with Crippen LogP contribution >= 0.6 is 0 Å². The van der Waals surface area contributed by atoms with Crippen molar-refractivity contribution in [2.75, 3.05) is 7.05 Å². The molecule has 0 N–H and O–H groups in total. The molecule has 0 saturated carbocycles. The zero-order valence-electron chi connectivity index (χ0n) is 9.63. The van der Waals surface area contributed by atoms with Gasteiger partial charge in [0.1, 0.15) is 0 Å². The van der Waals surface area contributed by atoms with Crippen molar-refractivity contribution >= 4 is 11.6 Å². The molecule has 0 aromatic heterocycles. The van der Waals surface area contributed by atoms with Crippen molar-refractivity contribution in [3.8, 4) is 0 Å². The molecule has 1 aromatic rings. The summed E-state index contributed by atoms with van der Waals surface area (Å²) in [6.07, 6.45) is 2.24. The molecule has 1 fully saturated rings. The van der Waals surface area contributed by atoms with Crippen molar-refractivity contribution in [1.29, 1.82) is 0 Å². The van der Waals surface area contributed by atoms with Gasteiger partial charge >= 0.3 is 0 Å². The lowest BCUT2D eigenvalue weighted by Gasteiger charge is -2.19. The highest BCUT2D eigenvalue weighted by atomic mass is 16.6. The second-order valence-electron chi connectivity index (χ2n) is 4.32. The SMILES string of the molecule is CN1C(=O)CCC1Cc1ccc([N+](=O)[O-])cc1. The molecule has 1 atom stereocenters. The molecule has 1 amide bonds. The van der Waals surface area contributed by atoms with Gasteiger partial charge in [-0.15, -0.1) is 0 Å². The molecule has 5 heteroatoms. The summed E-state index contributed by atoms with van der Waals surface area (Å²) in [5, 5.41) is 10.5. The summed E-state index contributed by atoms with van der Waals surface area (Å²) in [4.78, 5) is 23.2. The van der Waals surface area contributed by atoms with E-state index in [1.807, 2.05) is 7.05 Å². The molecule has 1 unspecified atom stereocenters. The van der Waals surface area contributed by atoms with E-state index in [0.717, 1.165) is 18.4 Å². The number of benzene rings is 1. The first kappa shape index (κ1) is 11.6. The fourth-order valence-electron chi connectivity index (χ4n) is 2.13. The number of carbonyl (C=O) groups excluding carboxylic acids is 1. The van der Waals surface area contributed by atoms with Gasteiger partial charge in [0.25, 0.3) is 5.69 Å². The fourth-order valence-corrected chi connectivity index (χ4v) is 2.13. The second-order valence-corrected chi connectivity index (χ2v) is 4.32. The number of nitrogens with zero attached hydrogens (tertiary/aromatic N) is 2. The van der Waals surface area contributed by atoms with Gasteiger partial charge in [0.15, 0.2) is 0 Å². The fraction of sp³-hybridized carbons (Fsp3) is 0.417. The first-order valence-electron chi connectivity index (χ1n) is 5.57. The minimum atomic E-state index is -0.408. The normalized spacial score (nSPS) is 19.7. The second kappa shape index (κ2) is 4.53. The molecule has 1 aromatic carbocycles. The van der Waals surface area contributed by atoms with Gasteiger partial charge in [-0.3, -0.25) is 14.9 Å². The Morgan fingerprint density at radius 1 is 1.41 bits per heavy atom. The molecule has 2 rings (SSSR count). The summed E-state index contributed by atoms with van der Waals surface area (Å²) in [6, 6.07) is 6.76. The maximum absolute atomic E-state index is 11.4. The van der Waals surface area contributed by atoms with Crippen molar-refractivity contribution in [2.24, 2.45) is 0 Å². The van der Waals surface area contributed by atoms with Crippen LogP contribution in [0.5, 0.6) is 0 Å². The summed E-state index contributed by atoms with van der Waals surface area (Å²) in [6.45, 7) is 0. The summed E-state index contributed by atoms with van der Waals surface area (Å²) >= 11 is 0. The van der Waals surface area contributed by atoms with Crippen molar-refractivity contribution in [1.82, 2.24) is 4.90 Å². The summed E-state index contributed by atoms with van der Waals surface area (Å²) in [5.74, 6) is 0.178. The van der Waals surface area contributed by atoms with Gasteiger partial charge < -0.3 is 4.90 Å².